The number of hydrogen-bond donors (Lipinski definition) is 5. The summed E-state index contributed by atoms with van der Waals surface area (Å²) in [5.74, 6) is -1.26. The quantitative estimate of drug-likeness (QED) is 0.0135. The van der Waals surface area contributed by atoms with Gasteiger partial charge in [-0.25, -0.2) is 13.9 Å². The van der Waals surface area contributed by atoms with Crippen LogP contribution in [-0.2, 0) is 51.1 Å². The zero-order chi connectivity index (χ0) is 50.8. The number of aliphatic hydroxyl groups excluding tert-OH is 2. The van der Waals surface area contributed by atoms with E-state index in [0.717, 1.165) is 101 Å². The molecule has 6 N–H and O–H groups in total. The molecule has 21 heteroatoms. The zero-order valence-electron chi connectivity index (χ0n) is 40.6. The smallest absolute Gasteiger partial charge is 0.462 e. The van der Waals surface area contributed by atoms with Crippen LogP contribution in [0.5, 0.6) is 0 Å². The maximum Gasteiger partial charge on any atom is 0.481 e. The molecule has 0 spiro atoms. The summed E-state index contributed by atoms with van der Waals surface area (Å²) in [6.07, 6.45) is 28.9. The van der Waals surface area contributed by atoms with E-state index < -0.39 is 83.7 Å². The SMILES string of the molecule is CCCCCC/C=C\C=C/CCCCCCCC(=O)OC[C@H](COP(=O)(O)OP(=O)(O)OC[C@H]1O[C@@H](n2ccc(N)nc2=O)[C@H](O)[C@@H]1O)OC(=O)CCCCCCC/C=C\C=C\C(=O)CCCCC. The first-order valence-electron chi connectivity index (χ1n) is 24.6. The number of nitrogens with zero attached hydrogens (tertiary/aromatic N) is 2. The van der Waals surface area contributed by atoms with Crippen LogP contribution < -0.4 is 11.4 Å². The van der Waals surface area contributed by atoms with Gasteiger partial charge in [-0.15, -0.1) is 0 Å². The molecule has 1 fully saturated rings. The first-order valence-corrected chi connectivity index (χ1v) is 27.6. The number of nitrogens with two attached hydrogens (primary N) is 1. The van der Waals surface area contributed by atoms with Crippen molar-refractivity contribution < 1.29 is 71.1 Å². The average Bonchev–Trinajstić information content (AvgIpc) is 3.58. The number of allylic oxidation sites excluding steroid dienone is 8. The molecule has 1 aliphatic heterocycles. The fraction of sp³-hybridized carbons (Fsp3) is 0.688. The van der Waals surface area contributed by atoms with Crippen LogP contribution in [0, 0.1) is 0 Å². The summed E-state index contributed by atoms with van der Waals surface area (Å²) in [5.41, 5.74) is 4.57. The summed E-state index contributed by atoms with van der Waals surface area (Å²) in [7, 11) is -10.9. The first kappa shape index (κ1) is 61.5. The Bertz CT molecular complexity index is 1910. The molecule has 0 aliphatic carbocycles. The normalized spacial score (nSPS) is 19.7. The average molecular weight is 1020 g/mol. The Labute approximate surface area is 407 Å². The van der Waals surface area contributed by atoms with Crippen molar-refractivity contribution in [2.45, 2.75) is 192 Å². The van der Waals surface area contributed by atoms with Crippen molar-refractivity contribution in [3.8, 4) is 0 Å². The Balaban J connectivity index is 1.84. The number of carbonyl (C=O) groups excluding carboxylic acids is 3. The van der Waals surface area contributed by atoms with E-state index in [1.807, 2.05) is 12.2 Å². The number of unbranched alkanes of at least 4 members (excludes halogenated alkanes) is 16. The number of esters is 2. The molecule has 1 aromatic heterocycles. The Kier molecular flexibility index (Phi) is 32.4. The molecule has 7 atom stereocenters. The van der Waals surface area contributed by atoms with Crippen molar-refractivity contribution in [1.82, 2.24) is 9.55 Å². The molecule has 2 heterocycles. The summed E-state index contributed by atoms with van der Waals surface area (Å²) in [6, 6.07) is 1.24. The fourth-order valence-electron chi connectivity index (χ4n) is 6.99. The molecule has 1 aromatic rings. The Morgan fingerprint density at radius 1 is 0.725 bits per heavy atom. The molecular weight excluding hydrogens is 936 g/mol. The van der Waals surface area contributed by atoms with Crippen LogP contribution in [-0.4, -0.2) is 91.5 Å². The van der Waals surface area contributed by atoms with E-state index in [1.165, 1.54) is 31.7 Å². The summed E-state index contributed by atoms with van der Waals surface area (Å²) in [4.78, 5) is 73.6. The largest absolute Gasteiger partial charge is 0.481 e. The van der Waals surface area contributed by atoms with E-state index in [0.29, 0.717) is 19.3 Å². The highest BCUT2D eigenvalue weighted by Gasteiger charge is 2.46. The molecule has 0 radical (unpaired) electrons. The molecule has 0 aromatic carbocycles. The van der Waals surface area contributed by atoms with E-state index in [-0.39, 0.29) is 24.4 Å². The molecule has 2 rings (SSSR count). The zero-order valence-corrected chi connectivity index (χ0v) is 42.4. The predicted molar refractivity (Wildman–Crippen MR) is 261 cm³/mol. The lowest BCUT2D eigenvalue weighted by Gasteiger charge is -2.21. The third-order valence-corrected chi connectivity index (χ3v) is 13.5. The van der Waals surface area contributed by atoms with Crippen LogP contribution in [0.15, 0.2) is 65.7 Å². The van der Waals surface area contributed by atoms with Crippen LogP contribution in [0.25, 0.3) is 0 Å². The minimum absolute atomic E-state index is 0.00582. The van der Waals surface area contributed by atoms with E-state index in [2.05, 4.69) is 47.4 Å². The third-order valence-electron chi connectivity index (χ3n) is 10.9. The molecule has 392 valence electrons. The van der Waals surface area contributed by atoms with Crippen molar-refractivity contribution in [2.75, 3.05) is 25.6 Å². The third kappa shape index (κ3) is 29.4. The molecule has 1 aliphatic rings. The number of rotatable bonds is 40. The maximum absolute atomic E-state index is 12.8. The van der Waals surface area contributed by atoms with Gasteiger partial charge in [0.1, 0.15) is 30.7 Å². The van der Waals surface area contributed by atoms with Crippen molar-refractivity contribution in [3.63, 3.8) is 0 Å². The Hall–Kier alpha value is -3.61. The second-order valence-corrected chi connectivity index (χ2v) is 20.1. The highest BCUT2D eigenvalue weighted by molar-refractivity contribution is 7.61. The van der Waals surface area contributed by atoms with E-state index >= 15 is 0 Å². The minimum atomic E-state index is -5.44. The Morgan fingerprint density at radius 3 is 1.86 bits per heavy atom. The van der Waals surface area contributed by atoms with Crippen molar-refractivity contribution in [3.05, 3.63) is 71.4 Å². The molecule has 0 amide bonds. The number of phosphoric acid groups is 2. The molecule has 19 nitrogen and oxygen atoms in total. The predicted octanol–water partition coefficient (Wildman–Crippen LogP) is 8.96. The fourth-order valence-corrected chi connectivity index (χ4v) is 9.10. The number of aromatic nitrogens is 2. The minimum Gasteiger partial charge on any atom is -0.462 e. The number of ketones is 1. The van der Waals surface area contributed by atoms with E-state index in [9.17, 15) is 48.3 Å². The molecule has 2 unspecified atom stereocenters. The molecule has 0 saturated carbocycles. The van der Waals surface area contributed by atoms with Gasteiger partial charge in [-0.3, -0.25) is 28.0 Å². The number of anilines is 1. The van der Waals surface area contributed by atoms with Gasteiger partial charge in [-0.2, -0.15) is 9.29 Å². The van der Waals surface area contributed by atoms with Crippen molar-refractivity contribution in [1.29, 1.82) is 0 Å². The molecular formula is C48H79N3O16P2. The van der Waals surface area contributed by atoms with Crippen LogP contribution >= 0.6 is 15.6 Å². The topological polar surface area (TPSA) is 283 Å². The maximum atomic E-state index is 12.8. The first-order chi connectivity index (χ1) is 33.1. The van der Waals surface area contributed by atoms with E-state index in [1.54, 1.807) is 12.2 Å². The Morgan fingerprint density at radius 2 is 1.25 bits per heavy atom. The number of nitrogen functional groups attached to an aromatic ring is 1. The second kappa shape index (κ2) is 36.3. The number of aliphatic hydroxyl groups is 2. The van der Waals surface area contributed by atoms with Crippen molar-refractivity contribution in [2.24, 2.45) is 0 Å². The van der Waals surface area contributed by atoms with Gasteiger partial charge in [0.25, 0.3) is 0 Å². The van der Waals surface area contributed by atoms with Gasteiger partial charge in [0, 0.05) is 25.5 Å². The lowest BCUT2D eigenvalue weighted by atomic mass is 10.1. The van der Waals surface area contributed by atoms with Crippen LogP contribution in [0.2, 0.25) is 0 Å². The molecule has 0 bridgehead atoms. The van der Waals surface area contributed by atoms with Gasteiger partial charge in [0.05, 0.1) is 13.2 Å². The molecule has 69 heavy (non-hydrogen) atoms. The number of ether oxygens (including phenoxy) is 3. The van der Waals surface area contributed by atoms with Gasteiger partial charge in [-0.05, 0) is 69.9 Å². The number of hydrogen-bond acceptors (Lipinski definition) is 16. The van der Waals surface area contributed by atoms with Gasteiger partial charge >= 0.3 is 33.3 Å². The lowest BCUT2D eigenvalue weighted by molar-refractivity contribution is -0.161. The van der Waals surface area contributed by atoms with Crippen molar-refractivity contribution >= 4 is 39.2 Å². The van der Waals surface area contributed by atoms with Gasteiger partial charge < -0.3 is 39.9 Å². The summed E-state index contributed by atoms with van der Waals surface area (Å²) >= 11 is 0. The van der Waals surface area contributed by atoms with Crippen LogP contribution in [0.3, 0.4) is 0 Å². The molecule has 1 saturated heterocycles. The highest BCUT2D eigenvalue weighted by atomic mass is 31.3. The summed E-state index contributed by atoms with van der Waals surface area (Å²) in [6.45, 7) is 1.92. The van der Waals surface area contributed by atoms with E-state index in [4.69, 9.17) is 29.0 Å². The van der Waals surface area contributed by atoms with Crippen LogP contribution in [0.1, 0.15) is 168 Å². The summed E-state index contributed by atoms with van der Waals surface area (Å²) in [5, 5.41) is 20.9. The second-order valence-electron chi connectivity index (χ2n) is 17.0. The van der Waals surface area contributed by atoms with Gasteiger partial charge in [0.2, 0.25) is 0 Å². The highest BCUT2D eigenvalue weighted by Crippen LogP contribution is 2.60. The number of carbonyl (C=O) groups is 3. The number of phosphoric ester groups is 2. The van der Waals surface area contributed by atoms with Gasteiger partial charge in [-0.1, -0.05) is 127 Å². The standard InChI is InChI=1S/C48H79N3O16P2/c1-3-5-7-8-9-10-11-12-13-14-15-18-21-24-28-32-43(53)62-36-40(65-44(54)33-29-25-22-19-16-17-20-23-27-31-39(52)30-26-6-4-2)37-63-68(58,59)67-69(60,61)64-38-41-45(55)46(56)47(66-41)51-35-34-42(49)50-48(51)57/h10-13,20,23,27,31,34-35,40-41,45-47,55-56H,3-9,14-19,21-22,24-26,28-30,32-33,36-38H2,1-2H3,(H,58,59)(H,60,61)(H2,49,50,57)/b11-10-,13-12-,23-20-,31-27+/t40-,41-,45-,46-,47-/m1/s1. The monoisotopic (exact) mass is 1020 g/mol. The van der Waals surface area contributed by atoms with Crippen LogP contribution in [0.4, 0.5) is 5.82 Å². The summed E-state index contributed by atoms with van der Waals surface area (Å²) < 4.78 is 56.6. The lowest BCUT2D eigenvalue weighted by Crippen LogP contribution is -2.36. The van der Waals surface area contributed by atoms with Gasteiger partial charge in [0.15, 0.2) is 18.1 Å².